The van der Waals surface area contributed by atoms with Gasteiger partial charge in [-0.05, 0) is 49.3 Å². The molecule has 0 aliphatic heterocycles. The van der Waals surface area contributed by atoms with Crippen LogP contribution in [0.1, 0.15) is 12.0 Å². The van der Waals surface area contributed by atoms with E-state index in [9.17, 15) is 14.0 Å². The summed E-state index contributed by atoms with van der Waals surface area (Å²) in [5, 5.41) is 8.75. The van der Waals surface area contributed by atoms with Crippen LogP contribution in [0.2, 0.25) is 10.0 Å². The van der Waals surface area contributed by atoms with Crippen LogP contribution in [0.25, 0.3) is 11.1 Å². The molecule has 0 spiro atoms. The Labute approximate surface area is 193 Å². The summed E-state index contributed by atoms with van der Waals surface area (Å²) < 4.78 is 14.4. The van der Waals surface area contributed by atoms with Gasteiger partial charge in [0.05, 0.1) is 5.56 Å². The molecule has 0 aliphatic rings. The second-order valence-electron chi connectivity index (χ2n) is 6.84. The molecule has 11 heteroatoms. The Morgan fingerprint density at radius 1 is 1.12 bits per heavy atom. The largest absolute Gasteiger partial charge is 0.330 e. The molecule has 8 nitrogen and oxygen atoms in total. The van der Waals surface area contributed by atoms with E-state index in [0.29, 0.717) is 46.5 Å². The highest BCUT2D eigenvalue weighted by Gasteiger charge is 2.11. The molecule has 0 radical (unpaired) electrons. The van der Waals surface area contributed by atoms with E-state index < -0.39 is 17.4 Å². The third kappa shape index (κ3) is 6.51. The summed E-state index contributed by atoms with van der Waals surface area (Å²) in [6.45, 7) is 1.61. The molecule has 6 N–H and O–H groups in total. The van der Waals surface area contributed by atoms with Crippen LogP contribution in [0.3, 0.4) is 0 Å². The first-order valence-corrected chi connectivity index (χ1v) is 10.4. The predicted molar refractivity (Wildman–Crippen MR) is 125 cm³/mol. The summed E-state index contributed by atoms with van der Waals surface area (Å²) >= 11 is 11.8. The molecular formula is C21H21Cl2FN6O2. The third-order valence-corrected chi connectivity index (χ3v) is 4.83. The van der Waals surface area contributed by atoms with Crippen LogP contribution in [0.5, 0.6) is 0 Å². The van der Waals surface area contributed by atoms with Crippen molar-refractivity contribution in [3.63, 3.8) is 0 Å². The highest BCUT2D eigenvalue weighted by molar-refractivity contribution is 6.35. The molecule has 0 bridgehead atoms. The number of carbonyl (C=O) groups is 1. The number of nitrogens with zero attached hydrogens (tertiary/aromatic N) is 1. The molecular weight excluding hydrogens is 458 g/mol. The minimum absolute atomic E-state index is 0.0782. The van der Waals surface area contributed by atoms with Crippen molar-refractivity contribution in [1.82, 2.24) is 15.3 Å². The summed E-state index contributed by atoms with van der Waals surface area (Å²) in [6.07, 6.45) is 2.06. The molecule has 1 aromatic heterocycles. The number of aromatic amines is 1. The molecule has 3 rings (SSSR count). The zero-order valence-electron chi connectivity index (χ0n) is 16.8. The smallest absolute Gasteiger partial charge is 0.326 e. The Hall–Kier alpha value is -2.98. The van der Waals surface area contributed by atoms with Gasteiger partial charge in [0.25, 0.3) is 5.56 Å². The van der Waals surface area contributed by atoms with Crippen molar-refractivity contribution >= 4 is 40.9 Å². The molecule has 0 saturated heterocycles. The van der Waals surface area contributed by atoms with Crippen LogP contribution < -0.4 is 27.2 Å². The number of hydrogen-bond acceptors (Lipinski definition) is 5. The number of H-pyrrole nitrogens is 1. The number of halogens is 3. The van der Waals surface area contributed by atoms with Gasteiger partial charge >= 0.3 is 6.03 Å². The van der Waals surface area contributed by atoms with E-state index in [-0.39, 0.29) is 11.5 Å². The van der Waals surface area contributed by atoms with Crippen LogP contribution in [0, 0.1) is 5.82 Å². The number of benzene rings is 2. The monoisotopic (exact) mass is 478 g/mol. The van der Waals surface area contributed by atoms with Crippen LogP contribution in [-0.2, 0) is 6.54 Å². The van der Waals surface area contributed by atoms with E-state index in [1.165, 1.54) is 30.5 Å². The normalized spacial score (nSPS) is 10.8. The molecule has 0 atom stereocenters. The SMILES string of the molecule is NCCCNCc1ccc(-c2cnc(NC(=O)Nc3cc(Cl)cc(Cl)c3)[nH]c2=O)cc1F. The fourth-order valence-corrected chi connectivity index (χ4v) is 3.39. The van der Waals surface area contributed by atoms with Crippen molar-refractivity contribution < 1.29 is 9.18 Å². The van der Waals surface area contributed by atoms with Gasteiger partial charge in [-0.25, -0.2) is 14.2 Å². The van der Waals surface area contributed by atoms with E-state index in [4.69, 9.17) is 28.9 Å². The van der Waals surface area contributed by atoms with Gasteiger partial charge in [0.2, 0.25) is 5.95 Å². The topological polar surface area (TPSA) is 125 Å². The van der Waals surface area contributed by atoms with E-state index in [0.717, 1.165) is 6.42 Å². The summed E-state index contributed by atoms with van der Waals surface area (Å²) in [4.78, 5) is 31.1. The zero-order valence-corrected chi connectivity index (χ0v) is 18.4. The standard InChI is InChI=1S/C21H21Cl2FN6O2/c22-14-7-15(23)9-16(8-14)28-21(32)30-20-27-11-17(19(31)29-20)12-2-3-13(18(24)6-12)10-26-5-1-4-25/h2-3,6-9,11,26H,1,4-5,10,25H2,(H3,27,28,29,30,31,32). The first-order chi connectivity index (χ1) is 15.4. The number of rotatable bonds is 8. The van der Waals surface area contributed by atoms with Crippen molar-refractivity contribution in [3.8, 4) is 11.1 Å². The quantitative estimate of drug-likeness (QED) is 0.313. The summed E-state index contributed by atoms with van der Waals surface area (Å²) in [7, 11) is 0. The number of nitrogens with one attached hydrogen (secondary N) is 4. The maximum absolute atomic E-state index is 14.4. The average Bonchev–Trinajstić information content (AvgIpc) is 2.71. The number of carbonyl (C=O) groups excluding carboxylic acids is 1. The Bertz CT molecular complexity index is 1150. The molecule has 32 heavy (non-hydrogen) atoms. The van der Waals surface area contributed by atoms with Crippen molar-refractivity contribution in [3.05, 3.63) is 74.4 Å². The van der Waals surface area contributed by atoms with E-state index in [1.54, 1.807) is 12.1 Å². The fraction of sp³-hybridized carbons (Fsp3) is 0.190. The number of amides is 2. The van der Waals surface area contributed by atoms with Gasteiger partial charge in [0, 0.05) is 34.0 Å². The zero-order chi connectivity index (χ0) is 23.1. The van der Waals surface area contributed by atoms with Gasteiger partial charge in [0.1, 0.15) is 5.82 Å². The van der Waals surface area contributed by atoms with E-state index >= 15 is 0 Å². The third-order valence-electron chi connectivity index (χ3n) is 4.39. The molecule has 3 aromatic rings. The molecule has 0 saturated carbocycles. The maximum atomic E-state index is 14.4. The lowest BCUT2D eigenvalue weighted by Crippen LogP contribution is -2.23. The van der Waals surface area contributed by atoms with Gasteiger partial charge in [-0.2, -0.15) is 0 Å². The number of anilines is 2. The maximum Gasteiger partial charge on any atom is 0.326 e. The second kappa shape index (κ2) is 11.1. The van der Waals surface area contributed by atoms with Crippen molar-refractivity contribution in [1.29, 1.82) is 0 Å². The highest BCUT2D eigenvalue weighted by Crippen LogP contribution is 2.23. The molecule has 2 amide bonds. The lowest BCUT2D eigenvalue weighted by Gasteiger charge is -2.09. The number of urea groups is 1. The number of nitrogens with two attached hydrogens (primary N) is 1. The van der Waals surface area contributed by atoms with E-state index in [2.05, 4.69) is 25.9 Å². The Morgan fingerprint density at radius 3 is 2.53 bits per heavy atom. The minimum Gasteiger partial charge on any atom is -0.330 e. The molecule has 0 unspecified atom stereocenters. The number of hydrogen-bond donors (Lipinski definition) is 5. The summed E-state index contributed by atoms with van der Waals surface area (Å²) in [5.41, 5.74) is 6.28. The molecule has 1 heterocycles. The van der Waals surface area contributed by atoms with Crippen molar-refractivity contribution in [2.75, 3.05) is 23.7 Å². The minimum atomic E-state index is -0.656. The van der Waals surface area contributed by atoms with Gasteiger partial charge < -0.3 is 16.4 Å². The molecule has 0 fully saturated rings. The fourth-order valence-electron chi connectivity index (χ4n) is 2.87. The summed E-state index contributed by atoms with van der Waals surface area (Å²) in [5.74, 6) is -0.519. The molecule has 0 aliphatic carbocycles. The van der Waals surface area contributed by atoms with Crippen molar-refractivity contribution in [2.45, 2.75) is 13.0 Å². The van der Waals surface area contributed by atoms with Gasteiger partial charge in [-0.15, -0.1) is 0 Å². The lowest BCUT2D eigenvalue weighted by atomic mass is 10.1. The summed E-state index contributed by atoms with van der Waals surface area (Å²) in [6, 6.07) is 8.41. The first kappa shape index (κ1) is 23.7. The second-order valence-corrected chi connectivity index (χ2v) is 7.71. The van der Waals surface area contributed by atoms with Gasteiger partial charge in [0.15, 0.2) is 0 Å². The molecule has 168 valence electrons. The first-order valence-electron chi connectivity index (χ1n) is 9.68. The molecule has 2 aromatic carbocycles. The van der Waals surface area contributed by atoms with Crippen LogP contribution in [0.4, 0.5) is 20.8 Å². The van der Waals surface area contributed by atoms with Crippen LogP contribution in [-0.4, -0.2) is 29.1 Å². The van der Waals surface area contributed by atoms with Crippen LogP contribution >= 0.6 is 23.2 Å². The van der Waals surface area contributed by atoms with Gasteiger partial charge in [-0.3, -0.25) is 15.1 Å². The Morgan fingerprint density at radius 2 is 1.88 bits per heavy atom. The number of aromatic nitrogens is 2. The predicted octanol–water partition coefficient (Wildman–Crippen LogP) is 3.97. The average molecular weight is 479 g/mol. The van der Waals surface area contributed by atoms with E-state index in [1.807, 2.05) is 0 Å². The van der Waals surface area contributed by atoms with Crippen LogP contribution in [0.15, 0.2) is 47.4 Å². The highest BCUT2D eigenvalue weighted by atomic mass is 35.5. The Kier molecular flexibility index (Phi) is 8.18. The van der Waals surface area contributed by atoms with Gasteiger partial charge in [-0.1, -0.05) is 35.3 Å². The van der Waals surface area contributed by atoms with Crippen molar-refractivity contribution in [2.24, 2.45) is 5.73 Å². The lowest BCUT2D eigenvalue weighted by molar-refractivity contribution is 0.262. The Balaban J connectivity index is 1.67.